The number of ether oxygens (including phenoxy) is 1. The first-order valence-electron chi connectivity index (χ1n) is 11.1. The lowest BCUT2D eigenvalue weighted by molar-refractivity contribution is 0.0523. The number of aryl methyl sites for hydroxylation is 1. The Balaban J connectivity index is 2.12. The van der Waals surface area contributed by atoms with Gasteiger partial charge < -0.3 is 9.30 Å². The molecule has 4 rings (SSSR count). The van der Waals surface area contributed by atoms with Crippen LogP contribution in [0.4, 0.5) is 0 Å². The minimum atomic E-state index is -0.707. The van der Waals surface area contributed by atoms with Gasteiger partial charge in [-0.25, -0.2) is 9.78 Å². The third-order valence-corrected chi connectivity index (χ3v) is 5.95. The van der Waals surface area contributed by atoms with Gasteiger partial charge in [0.2, 0.25) is 0 Å². The van der Waals surface area contributed by atoms with Gasteiger partial charge in [-0.05, 0) is 49.7 Å². The molecule has 0 fully saturated rings. The SMILES string of the molecule is CCCCn1c(=NC(=O)c2cc(Cl)ccc2Cl)c(C(=O)OCC)cc2c(=O)n3ccccc3nc21. The van der Waals surface area contributed by atoms with Crippen LogP contribution < -0.4 is 11.0 Å². The number of aromatic nitrogens is 3. The smallest absolute Gasteiger partial charge is 0.341 e. The number of benzene rings is 1. The molecule has 1 aromatic carbocycles. The van der Waals surface area contributed by atoms with Crippen LogP contribution in [-0.2, 0) is 11.3 Å². The summed E-state index contributed by atoms with van der Waals surface area (Å²) in [5.41, 5.74) is 0.495. The highest BCUT2D eigenvalue weighted by Gasteiger charge is 2.20. The van der Waals surface area contributed by atoms with E-state index in [2.05, 4.69) is 9.98 Å². The molecule has 0 bridgehead atoms. The molecule has 8 nitrogen and oxygen atoms in total. The maximum Gasteiger partial charge on any atom is 0.341 e. The summed E-state index contributed by atoms with van der Waals surface area (Å²) in [5, 5.41) is 0.696. The predicted octanol–water partition coefficient (Wildman–Crippen LogP) is 4.67. The molecule has 0 N–H and O–H groups in total. The van der Waals surface area contributed by atoms with Gasteiger partial charge in [-0.2, -0.15) is 4.99 Å². The highest BCUT2D eigenvalue weighted by molar-refractivity contribution is 6.35. The molecule has 3 aromatic heterocycles. The lowest BCUT2D eigenvalue weighted by atomic mass is 10.2. The van der Waals surface area contributed by atoms with Crippen molar-refractivity contribution in [2.45, 2.75) is 33.2 Å². The molecule has 0 saturated heterocycles. The number of nitrogens with zero attached hydrogens (tertiary/aromatic N) is 4. The Hall–Kier alpha value is -3.49. The van der Waals surface area contributed by atoms with Crippen LogP contribution in [-0.4, -0.2) is 32.4 Å². The second-order valence-corrected chi connectivity index (χ2v) is 8.58. The lowest BCUT2D eigenvalue weighted by Crippen LogP contribution is -2.33. The van der Waals surface area contributed by atoms with E-state index in [1.807, 2.05) is 6.92 Å². The fourth-order valence-corrected chi connectivity index (χ4v) is 4.07. The fourth-order valence-electron chi connectivity index (χ4n) is 3.70. The second-order valence-electron chi connectivity index (χ2n) is 7.73. The van der Waals surface area contributed by atoms with Gasteiger partial charge >= 0.3 is 5.97 Å². The topological polar surface area (TPSA) is 95.0 Å². The number of hydrogen-bond donors (Lipinski definition) is 0. The van der Waals surface area contributed by atoms with Crippen LogP contribution in [0.25, 0.3) is 16.7 Å². The molecule has 0 saturated carbocycles. The summed E-state index contributed by atoms with van der Waals surface area (Å²) in [6.07, 6.45) is 3.11. The van der Waals surface area contributed by atoms with E-state index in [9.17, 15) is 14.4 Å². The number of esters is 1. The highest BCUT2D eigenvalue weighted by atomic mass is 35.5. The summed E-state index contributed by atoms with van der Waals surface area (Å²) < 4.78 is 8.25. The van der Waals surface area contributed by atoms with Crippen molar-refractivity contribution in [1.82, 2.24) is 14.0 Å². The predicted molar refractivity (Wildman–Crippen MR) is 134 cm³/mol. The van der Waals surface area contributed by atoms with Crippen LogP contribution in [0.1, 0.15) is 47.4 Å². The molecule has 1 amide bonds. The molecule has 0 spiro atoms. The second kappa shape index (κ2) is 10.4. The zero-order valence-corrected chi connectivity index (χ0v) is 20.6. The summed E-state index contributed by atoms with van der Waals surface area (Å²) in [7, 11) is 0. The van der Waals surface area contributed by atoms with Gasteiger partial charge in [0, 0.05) is 17.8 Å². The van der Waals surface area contributed by atoms with E-state index in [-0.39, 0.29) is 39.2 Å². The molecular weight excluding hydrogens is 491 g/mol. The zero-order chi connectivity index (χ0) is 25.1. The van der Waals surface area contributed by atoms with Gasteiger partial charge in [0.05, 0.1) is 22.6 Å². The summed E-state index contributed by atoms with van der Waals surface area (Å²) in [4.78, 5) is 48.4. The molecule has 35 heavy (non-hydrogen) atoms. The van der Waals surface area contributed by atoms with Gasteiger partial charge in [0.1, 0.15) is 16.9 Å². The van der Waals surface area contributed by atoms with Crippen molar-refractivity contribution in [3.8, 4) is 0 Å². The number of rotatable bonds is 6. The van der Waals surface area contributed by atoms with Crippen molar-refractivity contribution >= 4 is 51.8 Å². The minimum Gasteiger partial charge on any atom is -0.462 e. The number of amides is 1. The summed E-state index contributed by atoms with van der Waals surface area (Å²) >= 11 is 12.3. The Bertz CT molecular complexity index is 1590. The summed E-state index contributed by atoms with van der Waals surface area (Å²) in [5.74, 6) is -1.40. The fraction of sp³-hybridized carbons (Fsp3) is 0.240. The maximum absolute atomic E-state index is 13.3. The van der Waals surface area contributed by atoms with Crippen molar-refractivity contribution < 1.29 is 14.3 Å². The van der Waals surface area contributed by atoms with Crippen LogP contribution >= 0.6 is 23.2 Å². The van der Waals surface area contributed by atoms with E-state index in [0.29, 0.717) is 29.3 Å². The molecule has 0 aliphatic heterocycles. The number of hydrogen-bond acceptors (Lipinski definition) is 5. The van der Waals surface area contributed by atoms with Crippen LogP contribution in [0.5, 0.6) is 0 Å². The largest absolute Gasteiger partial charge is 0.462 e. The Morgan fingerprint density at radius 2 is 1.89 bits per heavy atom. The molecule has 0 aliphatic rings. The van der Waals surface area contributed by atoms with E-state index in [1.54, 1.807) is 42.0 Å². The number of pyridine rings is 2. The molecule has 3 heterocycles. The molecule has 0 atom stereocenters. The number of carbonyl (C=O) groups excluding carboxylic acids is 2. The summed E-state index contributed by atoms with van der Waals surface area (Å²) in [6, 6.07) is 11.1. The number of unbranched alkanes of at least 4 members (excludes halogenated alkanes) is 1. The third-order valence-electron chi connectivity index (χ3n) is 5.39. The maximum atomic E-state index is 13.3. The van der Waals surface area contributed by atoms with Gasteiger partial charge in [-0.3, -0.25) is 14.0 Å². The van der Waals surface area contributed by atoms with Crippen LogP contribution in [0, 0.1) is 0 Å². The van der Waals surface area contributed by atoms with E-state index in [4.69, 9.17) is 27.9 Å². The van der Waals surface area contributed by atoms with Gasteiger partial charge in [-0.15, -0.1) is 0 Å². The van der Waals surface area contributed by atoms with Crippen molar-refractivity contribution in [2.24, 2.45) is 4.99 Å². The van der Waals surface area contributed by atoms with Gasteiger partial charge in [-0.1, -0.05) is 42.6 Å². The van der Waals surface area contributed by atoms with Crippen molar-refractivity contribution in [2.75, 3.05) is 6.61 Å². The van der Waals surface area contributed by atoms with Gasteiger partial charge in [0.15, 0.2) is 5.49 Å². The Morgan fingerprint density at radius 1 is 1.09 bits per heavy atom. The molecule has 0 unspecified atom stereocenters. The molecule has 0 aliphatic carbocycles. The number of halogens is 2. The van der Waals surface area contributed by atoms with E-state index >= 15 is 0 Å². The molecule has 0 radical (unpaired) electrons. The molecular formula is C25H22Cl2N4O4. The van der Waals surface area contributed by atoms with Gasteiger partial charge in [0.25, 0.3) is 11.5 Å². The average molecular weight is 513 g/mol. The van der Waals surface area contributed by atoms with Crippen LogP contribution in [0.3, 0.4) is 0 Å². The number of carbonyl (C=O) groups is 2. The minimum absolute atomic E-state index is 0.0169. The van der Waals surface area contributed by atoms with Crippen molar-refractivity contribution in [3.63, 3.8) is 0 Å². The van der Waals surface area contributed by atoms with Crippen molar-refractivity contribution in [1.29, 1.82) is 0 Å². The van der Waals surface area contributed by atoms with E-state index < -0.39 is 11.9 Å². The Morgan fingerprint density at radius 3 is 2.63 bits per heavy atom. The Labute approximate surface area is 210 Å². The van der Waals surface area contributed by atoms with E-state index in [0.717, 1.165) is 6.42 Å². The first-order valence-corrected chi connectivity index (χ1v) is 11.9. The monoisotopic (exact) mass is 512 g/mol. The Kier molecular flexibility index (Phi) is 7.33. The third kappa shape index (κ3) is 4.85. The normalized spacial score (nSPS) is 11.8. The lowest BCUT2D eigenvalue weighted by Gasteiger charge is -2.15. The quantitative estimate of drug-likeness (QED) is 0.276. The first kappa shape index (κ1) is 24.6. The van der Waals surface area contributed by atoms with Crippen LogP contribution in [0.15, 0.2) is 58.4 Å². The zero-order valence-electron chi connectivity index (χ0n) is 19.1. The van der Waals surface area contributed by atoms with Crippen LogP contribution in [0.2, 0.25) is 10.0 Å². The molecule has 4 aromatic rings. The highest BCUT2D eigenvalue weighted by Crippen LogP contribution is 2.21. The molecule has 10 heteroatoms. The van der Waals surface area contributed by atoms with Crippen molar-refractivity contribution in [3.05, 3.63) is 85.7 Å². The van der Waals surface area contributed by atoms with E-state index in [1.165, 1.54) is 22.6 Å². The average Bonchev–Trinajstić information content (AvgIpc) is 2.85. The number of fused-ring (bicyclic) bond motifs is 2. The standard InChI is InChI=1S/C25H22Cl2N4O4/c1-3-5-11-31-21-17(24(33)30-12-7-6-8-20(30)28-21)14-18(25(34)35-4-2)22(31)29-23(32)16-13-15(26)9-10-19(16)27/h6-10,12-14H,3-5,11H2,1-2H3. The first-order chi connectivity index (χ1) is 16.8. The molecule has 180 valence electrons. The summed E-state index contributed by atoms with van der Waals surface area (Å²) in [6.45, 7) is 4.14.